The lowest BCUT2D eigenvalue weighted by atomic mass is 10.3. The molecule has 0 atom stereocenters. The molecule has 4 rings (SSSR count). The molecule has 2 aromatic heterocycles. The smallest absolute Gasteiger partial charge is 0.253 e. The molecular weight excluding hydrogens is 320 g/mol. The van der Waals surface area contributed by atoms with Gasteiger partial charge in [-0.25, -0.2) is 9.50 Å². The third kappa shape index (κ3) is 2.85. The van der Waals surface area contributed by atoms with E-state index >= 15 is 0 Å². The van der Waals surface area contributed by atoms with Crippen molar-refractivity contribution in [2.45, 2.75) is 6.92 Å². The topological polar surface area (TPSA) is 96.3 Å². The third-order valence-electron chi connectivity index (χ3n) is 3.74. The molecule has 0 saturated heterocycles. The molecule has 0 aliphatic carbocycles. The van der Waals surface area contributed by atoms with Gasteiger partial charge in [-0.2, -0.15) is 4.98 Å². The Morgan fingerprint density at radius 3 is 2.60 bits per heavy atom. The first-order valence-electron chi connectivity index (χ1n) is 7.69. The van der Waals surface area contributed by atoms with E-state index in [2.05, 4.69) is 25.7 Å². The number of aromatic nitrogens is 4. The zero-order valence-electron chi connectivity index (χ0n) is 13.7. The standard InChI is InChI=1S/C17H16N6O2/c1-10(24)18-11-3-5-12(6-4-11)19-16-21-17-20-14-9-13(25-2)7-8-15(14)23(17)22-16/h3-9H,1-2H3,(H,18,24)(H2,19,20,21,22). The molecule has 1 amide bonds. The van der Waals surface area contributed by atoms with Crippen LogP contribution in [0.2, 0.25) is 0 Å². The fourth-order valence-corrected chi connectivity index (χ4v) is 2.62. The molecule has 0 fully saturated rings. The summed E-state index contributed by atoms with van der Waals surface area (Å²) in [7, 11) is 1.63. The lowest BCUT2D eigenvalue weighted by Gasteiger charge is -2.05. The van der Waals surface area contributed by atoms with Crippen molar-refractivity contribution < 1.29 is 9.53 Å². The molecule has 8 nitrogen and oxygen atoms in total. The van der Waals surface area contributed by atoms with Crippen LogP contribution >= 0.6 is 0 Å². The number of anilines is 3. The van der Waals surface area contributed by atoms with Crippen LogP contribution in [-0.2, 0) is 4.79 Å². The SMILES string of the molecule is COc1ccc2c(c1)nc1nc(Nc3ccc(NC(C)=O)cc3)[nH]n12. The summed E-state index contributed by atoms with van der Waals surface area (Å²) in [6, 6.07) is 13.0. The van der Waals surface area contributed by atoms with E-state index in [9.17, 15) is 4.79 Å². The number of carbonyl (C=O) groups excluding carboxylic acids is 1. The lowest BCUT2D eigenvalue weighted by molar-refractivity contribution is -0.114. The number of rotatable bonds is 4. The van der Waals surface area contributed by atoms with Gasteiger partial charge in [0.1, 0.15) is 5.75 Å². The van der Waals surface area contributed by atoms with Crippen LogP contribution in [-0.4, -0.2) is 32.6 Å². The van der Waals surface area contributed by atoms with Gasteiger partial charge in [0.15, 0.2) is 0 Å². The van der Waals surface area contributed by atoms with Gasteiger partial charge in [-0.1, -0.05) is 0 Å². The summed E-state index contributed by atoms with van der Waals surface area (Å²) < 4.78 is 7.02. The maximum Gasteiger partial charge on any atom is 0.253 e. The van der Waals surface area contributed by atoms with Crippen molar-refractivity contribution in [2.24, 2.45) is 0 Å². The Morgan fingerprint density at radius 1 is 1.12 bits per heavy atom. The molecule has 0 aliphatic rings. The molecule has 3 N–H and O–H groups in total. The number of benzene rings is 2. The zero-order chi connectivity index (χ0) is 17.4. The molecule has 4 aromatic rings. The minimum absolute atomic E-state index is 0.100. The molecule has 0 saturated carbocycles. The quantitative estimate of drug-likeness (QED) is 0.532. The second-order valence-electron chi connectivity index (χ2n) is 5.56. The number of nitrogens with one attached hydrogen (secondary N) is 3. The molecule has 2 aromatic carbocycles. The van der Waals surface area contributed by atoms with E-state index in [0.717, 1.165) is 28.2 Å². The summed E-state index contributed by atoms with van der Waals surface area (Å²) in [5, 5.41) is 9.08. The van der Waals surface area contributed by atoms with Gasteiger partial charge in [0.2, 0.25) is 11.9 Å². The van der Waals surface area contributed by atoms with Gasteiger partial charge in [-0.15, -0.1) is 0 Å². The van der Waals surface area contributed by atoms with Crippen molar-refractivity contribution in [1.29, 1.82) is 0 Å². The van der Waals surface area contributed by atoms with Crippen molar-refractivity contribution in [1.82, 2.24) is 19.6 Å². The van der Waals surface area contributed by atoms with Crippen molar-refractivity contribution in [3.63, 3.8) is 0 Å². The predicted molar refractivity (Wildman–Crippen MR) is 95.4 cm³/mol. The fourth-order valence-electron chi connectivity index (χ4n) is 2.62. The lowest BCUT2D eigenvalue weighted by Crippen LogP contribution is -2.05. The number of fused-ring (bicyclic) bond motifs is 3. The van der Waals surface area contributed by atoms with Gasteiger partial charge in [0.25, 0.3) is 5.78 Å². The van der Waals surface area contributed by atoms with Crippen LogP contribution in [0.3, 0.4) is 0 Å². The molecule has 2 heterocycles. The molecule has 0 unspecified atom stereocenters. The van der Waals surface area contributed by atoms with E-state index in [1.54, 1.807) is 7.11 Å². The molecule has 0 spiro atoms. The highest BCUT2D eigenvalue weighted by Gasteiger charge is 2.10. The third-order valence-corrected chi connectivity index (χ3v) is 3.74. The van der Waals surface area contributed by atoms with Crippen LogP contribution in [0.15, 0.2) is 42.5 Å². The van der Waals surface area contributed by atoms with Crippen LogP contribution in [0.4, 0.5) is 17.3 Å². The second kappa shape index (κ2) is 5.82. The highest BCUT2D eigenvalue weighted by atomic mass is 16.5. The number of hydrogen-bond donors (Lipinski definition) is 3. The average molecular weight is 336 g/mol. The number of H-pyrrole nitrogens is 1. The highest BCUT2D eigenvalue weighted by Crippen LogP contribution is 2.23. The number of carbonyl (C=O) groups is 1. The van der Waals surface area contributed by atoms with Gasteiger partial charge < -0.3 is 15.4 Å². The first-order chi connectivity index (χ1) is 12.1. The van der Waals surface area contributed by atoms with Crippen LogP contribution in [0.25, 0.3) is 16.8 Å². The molecule has 126 valence electrons. The first kappa shape index (κ1) is 15.0. The normalized spacial score (nSPS) is 11.0. The maximum absolute atomic E-state index is 11.0. The van der Waals surface area contributed by atoms with E-state index in [-0.39, 0.29) is 5.91 Å². The monoisotopic (exact) mass is 336 g/mol. The Kier molecular flexibility index (Phi) is 3.50. The number of ether oxygens (including phenoxy) is 1. The Balaban J connectivity index is 1.60. The van der Waals surface area contributed by atoms with E-state index in [1.807, 2.05) is 47.0 Å². The number of hydrogen-bond acceptors (Lipinski definition) is 5. The van der Waals surface area contributed by atoms with Gasteiger partial charge in [0.05, 0.1) is 18.1 Å². The van der Waals surface area contributed by atoms with E-state index in [1.165, 1.54) is 6.92 Å². The number of nitrogens with zero attached hydrogens (tertiary/aromatic N) is 3. The molecule has 0 bridgehead atoms. The first-order valence-corrected chi connectivity index (χ1v) is 7.69. The fraction of sp³-hybridized carbons (Fsp3) is 0.118. The zero-order valence-corrected chi connectivity index (χ0v) is 13.7. The summed E-state index contributed by atoms with van der Waals surface area (Å²) in [4.78, 5) is 20.0. The number of imidazole rings is 1. The maximum atomic E-state index is 11.0. The van der Waals surface area contributed by atoms with Gasteiger partial charge in [-0.3, -0.25) is 9.89 Å². The minimum Gasteiger partial charge on any atom is -0.497 e. The average Bonchev–Trinajstić information content (AvgIpc) is 3.12. The second-order valence-corrected chi connectivity index (χ2v) is 5.56. The number of aromatic amines is 1. The van der Waals surface area contributed by atoms with E-state index < -0.39 is 0 Å². The van der Waals surface area contributed by atoms with Crippen molar-refractivity contribution >= 4 is 40.0 Å². The molecule has 8 heteroatoms. The summed E-state index contributed by atoms with van der Waals surface area (Å²) in [5.41, 5.74) is 3.31. The number of amides is 1. The molecule has 0 aliphatic heterocycles. The van der Waals surface area contributed by atoms with Crippen molar-refractivity contribution in [3.05, 3.63) is 42.5 Å². The highest BCUT2D eigenvalue weighted by molar-refractivity contribution is 5.88. The minimum atomic E-state index is -0.100. The summed E-state index contributed by atoms with van der Waals surface area (Å²) in [6.07, 6.45) is 0. The van der Waals surface area contributed by atoms with Gasteiger partial charge >= 0.3 is 0 Å². The van der Waals surface area contributed by atoms with Crippen LogP contribution in [0.5, 0.6) is 5.75 Å². The van der Waals surface area contributed by atoms with Crippen LogP contribution in [0, 0.1) is 0 Å². The molecule has 0 radical (unpaired) electrons. The largest absolute Gasteiger partial charge is 0.497 e. The van der Waals surface area contributed by atoms with Crippen molar-refractivity contribution in [2.75, 3.05) is 17.7 Å². The summed E-state index contributed by atoms with van der Waals surface area (Å²) in [5.74, 6) is 1.80. The molecule has 25 heavy (non-hydrogen) atoms. The Labute approximate surface area is 142 Å². The summed E-state index contributed by atoms with van der Waals surface area (Å²) >= 11 is 0. The van der Waals surface area contributed by atoms with Crippen LogP contribution < -0.4 is 15.4 Å². The van der Waals surface area contributed by atoms with E-state index in [4.69, 9.17) is 4.74 Å². The molecular formula is C17H16N6O2. The van der Waals surface area contributed by atoms with Crippen molar-refractivity contribution in [3.8, 4) is 5.75 Å². The Bertz CT molecular complexity index is 1060. The Morgan fingerprint density at radius 2 is 1.88 bits per heavy atom. The van der Waals surface area contributed by atoms with E-state index in [0.29, 0.717) is 11.7 Å². The van der Waals surface area contributed by atoms with Gasteiger partial charge in [-0.05, 0) is 36.4 Å². The predicted octanol–water partition coefficient (Wildman–Crippen LogP) is 2.92. The number of methoxy groups -OCH3 is 1. The van der Waals surface area contributed by atoms with Crippen LogP contribution in [0.1, 0.15) is 6.92 Å². The van der Waals surface area contributed by atoms with Gasteiger partial charge in [0, 0.05) is 24.4 Å². The summed E-state index contributed by atoms with van der Waals surface area (Å²) in [6.45, 7) is 1.48. The Hall–Kier alpha value is -3.55.